The Balaban J connectivity index is 1.55. The van der Waals surface area contributed by atoms with Crippen molar-refractivity contribution in [3.8, 4) is 11.5 Å². The van der Waals surface area contributed by atoms with Crippen LogP contribution in [0.1, 0.15) is 6.92 Å². The summed E-state index contributed by atoms with van der Waals surface area (Å²) in [5, 5.41) is 2.68. The normalized spacial score (nSPS) is 16.6. The summed E-state index contributed by atoms with van der Waals surface area (Å²) >= 11 is 3.32. The Kier molecular flexibility index (Phi) is 5.23. The largest absolute Gasteiger partial charge is 0.485 e. The monoisotopic (exact) mass is 405 g/mol. The molecule has 6 nitrogen and oxygen atoms in total. The number of benzene rings is 2. The molecule has 2 aromatic carbocycles. The molecule has 1 aliphatic heterocycles. The van der Waals surface area contributed by atoms with Crippen LogP contribution in [0.2, 0.25) is 0 Å². The van der Waals surface area contributed by atoms with E-state index in [1.807, 2.05) is 6.07 Å². The van der Waals surface area contributed by atoms with Crippen LogP contribution in [0, 0.1) is 0 Å². The zero-order valence-corrected chi connectivity index (χ0v) is 15.0. The van der Waals surface area contributed by atoms with Gasteiger partial charge in [-0.2, -0.15) is 0 Å². The van der Waals surface area contributed by atoms with E-state index in [0.717, 1.165) is 4.47 Å². The molecule has 1 N–H and O–H groups in total. The predicted molar refractivity (Wildman–Crippen MR) is 94.7 cm³/mol. The molecule has 0 unspecified atom stereocenters. The third-order valence-corrected chi connectivity index (χ3v) is 4.07. The van der Waals surface area contributed by atoms with Crippen molar-refractivity contribution in [3.63, 3.8) is 0 Å². The van der Waals surface area contributed by atoms with E-state index >= 15 is 0 Å². The Morgan fingerprint density at radius 3 is 2.56 bits per heavy atom. The van der Waals surface area contributed by atoms with Gasteiger partial charge in [0.2, 0.25) is 6.10 Å². The maximum Gasteiger partial charge on any atom is 0.351 e. The zero-order valence-electron chi connectivity index (χ0n) is 13.4. The molecule has 1 heterocycles. The number of ether oxygens (including phenoxy) is 3. The van der Waals surface area contributed by atoms with Crippen LogP contribution in [0.3, 0.4) is 0 Å². The van der Waals surface area contributed by atoms with E-state index in [-0.39, 0.29) is 6.61 Å². The molecule has 1 amide bonds. The van der Waals surface area contributed by atoms with Gasteiger partial charge >= 0.3 is 5.97 Å². The molecular formula is C18H16BrNO5. The number of para-hydroxylation sites is 2. The van der Waals surface area contributed by atoms with E-state index in [9.17, 15) is 9.59 Å². The molecule has 3 rings (SSSR count). The fourth-order valence-electron chi connectivity index (χ4n) is 2.22. The van der Waals surface area contributed by atoms with Gasteiger partial charge in [-0.25, -0.2) is 4.79 Å². The highest BCUT2D eigenvalue weighted by Gasteiger charge is 2.31. The second-order valence-electron chi connectivity index (χ2n) is 5.44. The Labute approximate surface area is 153 Å². The topological polar surface area (TPSA) is 73.9 Å². The number of esters is 1. The number of hydrogen-bond acceptors (Lipinski definition) is 5. The number of amides is 1. The highest BCUT2D eigenvalue weighted by Crippen LogP contribution is 2.31. The third-order valence-electron chi connectivity index (χ3n) is 3.55. The number of hydrogen-bond donors (Lipinski definition) is 1. The molecule has 0 aromatic heterocycles. The minimum atomic E-state index is -0.961. The van der Waals surface area contributed by atoms with E-state index in [1.165, 1.54) is 6.92 Å². The molecule has 0 aliphatic carbocycles. The minimum absolute atomic E-state index is 0.0386. The van der Waals surface area contributed by atoms with Crippen LogP contribution in [-0.2, 0) is 14.3 Å². The van der Waals surface area contributed by atoms with Crippen molar-refractivity contribution in [2.45, 2.75) is 19.1 Å². The number of fused-ring (bicyclic) bond motifs is 1. The van der Waals surface area contributed by atoms with Gasteiger partial charge in [0.15, 0.2) is 17.6 Å². The van der Waals surface area contributed by atoms with E-state index in [0.29, 0.717) is 17.2 Å². The molecule has 0 fully saturated rings. The summed E-state index contributed by atoms with van der Waals surface area (Å²) < 4.78 is 17.1. The lowest BCUT2D eigenvalue weighted by atomic mass is 10.2. The first-order chi connectivity index (χ1) is 12.0. The minimum Gasteiger partial charge on any atom is -0.485 e. The van der Waals surface area contributed by atoms with Crippen LogP contribution in [0.4, 0.5) is 5.69 Å². The smallest absolute Gasteiger partial charge is 0.351 e. The molecule has 1 aliphatic rings. The molecule has 130 valence electrons. The average Bonchev–Trinajstić information content (AvgIpc) is 2.63. The SMILES string of the molecule is C[C@H](OC(=O)[C@@H]1COc2ccccc2O1)C(=O)Nc1ccc(Br)cc1. The predicted octanol–water partition coefficient (Wildman–Crippen LogP) is 3.16. The van der Waals surface area contributed by atoms with Crippen LogP contribution in [-0.4, -0.2) is 30.7 Å². The lowest BCUT2D eigenvalue weighted by molar-refractivity contribution is -0.162. The number of carbonyl (C=O) groups is 2. The van der Waals surface area contributed by atoms with E-state index in [4.69, 9.17) is 14.2 Å². The lowest BCUT2D eigenvalue weighted by Gasteiger charge is -2.25. The summed E-state index contributed by atoms with van der Waals surface area (Å²) in [4.78, 5) is 24.3. The van der Waals surface area contributed by atoms with Gasteiger partial charge in [-0.05, 0) is 43.3 Å². The Morgan fingerprint density at radius 1 is 1.16 bits per heavy atom. The number of halogens is 1. The van der Waals surface area contributed by atoms with Gasteiger partial charge in [0.25, 0.3) is 5.91 Å². The van der Waals surface area contributed by atoms with Crippen molar-refractivity contribution in [2.24, 2.45) is 0 Å². The summed E-state index contributed by atoms with van der Waals surface area (Å²) in [6, 6.07) is 14.1. The molecular weight excluding hydrogens is 390 g/mol. The quantitative estimate of drug-likeness (QED) is 0.790. The van der Waals surface area contributed by atoms with E-state index in [1.54, 1.807) is 42.5 Å². The fourth-order valence-corrected chi connectivity index (χ4v) is 2.48. The van der Waals surface area contributed by atoms with Gasteiger partial charge in [-0.1, -0.05) is 28.1 Å². The number of rotatable bonds is 4. The molecule has 0 spiro atoms. The first kappa shape index (κ1) is 17.3. The highest BCUT2D eigenvalue weighted by atomic mass is 79.9. The van der Waals surface area contributed by atoms with Crippen LogP contribution in [0.15, 0.2) is 53.0 Å². The summed E-state index contributed by atoms with van der Waals surface area (Å²) in [5.41, 5.74) is 0.613. The number of nitrogens with one attached hydrogen (secondary N) is 1. The molecule has 0 saturated heterocycles. The maximum absolute atomic E-state index is 12.2. The standard InChI is InChI=1S/C18H16BrNO5/c1-11(17(21)20-13-8-6-12(19)7-9-13)24-18(22)16-10-23-14-4-2-3-5-15(14)25-16/h2-9,11,16H,10H2,1H3,(H,20,21)/t11-,16-/m0/s1. The molecule has 0 radical (unpaired) electrons. The lowest BCUT2D eigenvalue weighted by Crippen LogP contribution is -2.41. The first-order valence-corrected chi connectivity index (χ1v) is 8.47. The third kappa shape index (κ3) is 4.30. The van der Waals surface area contributed by atoms with Gasteiger partial charge in [0.1, 0.15) is 6.61 Å². The van der Waals surface area contributed by atoms with Crippen molar-refractivity contribution < 1.29 is 23.8 Å². The molecule has 0 bridgehead atoms. The van der Waals surface area contributed by atoms with Crippen LogP contribution < -0.4 is 14.8 Å². The van der Waals surface area contributed by atoms with Gasteiger partial charge in [-0.15, -0.1) is 0 Å². The van der Waals surface area contributed by atoms with Crippen molar-refractivity contribution in [1.29, 1.82) is 0 Å². The summed E-state index contributed by atoms with van der Waals surface area (Å²) in [6.07, 6.45) is -1.87. The van der Waals surface area contributed by atoms with Gasteiger partial charge < -0.3 is 19.5 Å². The summed E-state index contributed by atoms with van der Waals surface area (Å²) in [7, 11) is 0. The first-order valence-electron chi connectivity index (χ1n) is 7.68. The van der Waals surface area contributed by atoms with Crippen molar-refractivity contribution in [2.75, 3.05) is 11.9 Å². The molecule has 7 heteroatoms. The van der Waals surface area contributed by atoms with Crippen molar-refractivity contribution in [1.82, 2.24) is 0 Å². The highest BCUT2D eigenvalue weighted by molar-refractivity contribution is 9.10. The maximum atomic E-state index is 12.2. The number of anilines is 1. The van der Waals surface area contributed by atoms with Crippen LogP contribution >= 0.6 is 15.9 Å². The molecule has 25 heavy (non-hydrogen) atoms. The second kappa shape index (κ2) is 7.57. The molecule has 0 saturated carbocycles. The summed E-state index contributed by atoms with van der Waals surface area (Å²) in [6.45, 7) is 1.54. The van der Waals surface area contributed by atoms with Gasteiger partial charge in [0, 0.05) is 10.2 Å². The van der Waals surface area contributed by atoms with Crippen molar-refractivity contribution >= 4 is 33.5 Å². The second-order valence-corrected chi connectivity index (χ2v) is 6.36. The average molecular weight is 406 g/mol. The summed E-state index contributed by atoms with van der Waals surface area (Å²) in [5.74, 6) is -0.0176. The van der Waals surface area contributed by atoms with E-state index in [2.05, 4.69) is 21.2 Å². The Bertz CT molecular complexity index is 777. The molecule has 2 aromatic rings. The zero-order chi connectivity index (χ0) is 17.8. The Hall–Kier alpha value is -2.54. The van der Waals surface area contributed by atoms with E-state index < -0.39 is 24.1 Å². The van der Waals surface area contributed by atoms with Gasteiger partial charge in [0.05, 0.1) is 0 Å². The molecule has 2 atom stereocenters. The van der Waals surface area contributed by atoms with Crippen LogP contribution in [0.5, 0.6) is 11.5 Å². The van der Waals surface area contributed by atoms with Crippen LogP contribution in [0.25, 0.3) is 0 Å². The van der Waals surface area contributed by atoms with Crippen molar-refractivity contribution in [3.05, 3.63) is 53.0 Å². The van der Waals surface area contributed by atoms with Gasteiger partial charge in [-0.3, -0.25) is 4.79 Å². The number of carbonyl (C=O) groups excluding carboxylic acids is 2. The fraction of sp³-hybridized carbons (Fsp3) is 0.222. The Morgan fingerprint density at radius 2 is 1.84 bits per heavy atom.